The zero-order valence-corrected chi connectivity index (χ0v) is 11.3. The van der Waals surface area contributed by atoms with E-state index in [-0.39, 0.29) is 0 Å². The van der Waals surface area contributed by atoms with Crippen LogP contribution in [0.5, 0.6) is 0 Å². The second kappa shape index (κ2) is 4.42. The van der Waals surface area contributed by atoms with E-state index in [0.717, 1.165) is 16.8 Å². The number of nitrogens with zero attached hydrogens (tertiary/aromatic N) is 2. The first-order valence-corrected chi connectivity index (χ1v) is 6.28. The molecule has 0 bridgehead atoms. The van der Waals surface area contributed by atoms with Crippen molar-refractivity contribution in [1.82, 2.24) is 14.7 Å². The SMILES string of the molecule is S=c1[nH]c2cc(Cl)c(Cl)cc2n1Cc1ccno1. The van der Waals surface area contributed by atoms with Gasteiger partial charge in [-0.2, -0.15) is 0 Å². The minimum absolute atomic E-state index is 0.490. The van der Waals surface area contributed by atoms with E-state index < -0.39 is 0 Å². The van der Waals surface area contributed by atoms with Crippen molar-refractivity contribution in [2.45, 2.75) is 6.54 Å². The maximum atomic E-state index is 6.02. The van der Waals surface area contributed by atoms with Crippen molar-refractivity contribution >= 4 is 46.5 Å². The van der Waals surface area contributed by atoms with Crippen LogP contribution in [0.4, 0.5) is 0 Å². The quantitative estimate of drug-likeness (QED) is 0.726. The highest BCUT2D eigenvalue weighted by atomic mass is 35.5. The van der Waals surface area contributed by atoms with Gasteiger partial charge in [0.2, 0.25) is 0 Å². The lowest BCUT2D eigenvalue weighted by Crippen LogP contribution is -1.98. The molecule has 2 aromatic heterocycles. The molecule has 0 spiro atoms. The van der Waals surface area contributed by atoms with Crippen LogP contribution in [0.25, 0.3) is 11.0 Å². The highest BCUT2D eigenvalue weighted by molar-refractivity contribution is 7.71. The van der Waals surface area contributed by atoms with E-state index in [0.29, 0.717) is 21.4 Å². The monoisotopic (exact) mass is 299 g/mol. The molecule has 0 aliphatic rings. The fraction of sp³-hybridized carbons (Fsp3) is 0.0909. The van der Waals surface area contributed by atoms with Gasteiger partial charge in [-0.1, -0.05) is 28.4 Å². The summed E-state index contributed by atoms with van der Waals surface area (Å²) >= 11 is 17.3. The number of hydrogen-bond acceptors (Lipinski definition) is 3. The predicted molar refractivity (Wildman–Crippen MR) is 72.7 cm³/mol. The number of nitrogens with one attached hydrogen (secondary N) is 1. The molecule has 0 saturated carbocycles. The van der Waals surface area contributed by atoms with Crippen LogP contribution in [-0.2, 0) is 6.54 Å². The van der Waals surface area contributed by atoms with Gasteiger partial charge in [-0.3, -0.25) is 0 Å². The molecule has 0 fully saturated rings. The van der Waals surface area contributed by atoms with Gasteiger partial charge in [-0.15, -0.1) is 0 Å². The van der Waals surface area contributed by atoms with E-state index in [4.69, 9.17) is 39.9 Å². The molecule has 3 aromatic rings. The molecule has 4 nitrogen and oxygen atoms in total. The number of aromatic amines is 1. The van der Waals surface area contributed by atoms with Crippen LogP contribution in [0.2, 0.25) is 10.0 Å². The van der Waals surface area contributed by atoms with Crippen molar-refractivity contribution < 1.29 is 4.52 Å². The zero-order valence-electron chi connectivity index (χ0n) is 8.98. The van der Waals surface area contributed by atoms with Crippen LogP contribution in [0.3, 0.4) is 0 Å². The minimum atomic E-state index is 0.490. The first-order chi connectivity index (χ1) is 8.65. The van der Waals surface area contributed by atoms with E-state index in [9.17, 15) is 0 Å². The van der Waals surface area contributed by atoms with E-state index >= 15 is 0 Å². The number of imidazole rings is 1. The maximum absolute atomic E-state index is 6.02. The molecular weight excluding hydrogens is 293 g/mol. The Morgan fingerprint density at radius 3 is 2.83 bits per heavy atom. The lowest BCUT2D eigenvalue weighted by Gasteiger charge is -2.02. The van der Waals surface area contributed by atoms with E-state index in [2.05, 4.69) is 10.1 Å². The van der Waals surface area contributed by atoms with Gasteiger partial charge in [-0.05, 0) is 24.4 Å². The molecule has 1 N–H and O–H groups in total. The fourth-order valence-electron chi connectivity index (χ4n) is 1.79. The second-order valence-corrected chi connectivity index (χ2v) is 4.98. The van der Waals surface area contributed by atoms with Gasteiger partial charge in [0.15, 0.2) is 10.5 Å². The molecule has 1 aromatic carbocycles. The first-order valence-electron chi connectivity index (χ1n) is 5.12. The van der Waals surface area contributed by atoms with Gasteiger partial charge in [0.25, 0.3) is 0 Å². The maximum Gasteiger partial charge on any atom is 0.178 e. The summed E-state index contributed by atoms with van der Waals surface area (Å²) in [6, 6.07) is 5.33. The number of halogens is 2. The van der Waals surface area contributed by atoms with Crippen molar-refractivity contribution in [2.24, 2.45) is 0 Å². The molecule has 7 heteroatoms. The van der Waals surface area contributed by atoms with Crippen molar-refractivity contribution in [3.8, 4) is 0 Å². The highest BCUT2D eigenvalue weighted by Gasteiger charge is 2.09. The van der Waals surface area contributed by atoms with E-state index in [1.807, 2.05) is 4.57 Å². The predicted octanol–water partition coefficient (Wildman–Crippen LogP) is 4.04. The Balaban J connectivity index is 2.19. The van der Waals surface area contributed by atoms with Crippen LogP contribution in [0.15, 0.2) is 28.9 Å². The van der Waals surface area contributed by atoms with Crippen LogP contribution >= 0.6 is 35.4 Å². The van der Waals surface area contributed by atoms with Gasteiger partial charge in [0.05, 0.1) is 33.8 Å². The number of rotatable bonds is 2. The molecule has 0 amide bonds. The summed E-state index contributed by atoms with van der Waals surface area (Å²) in [5, 5.41) is 4.65. The molecule has 0 unspecified atom stereocenters. The van der Waals surface area contributed by atoms with Crippen LogP contribution in [0.1, 0.15) is 5.76 Å². The fourth-order valence-corrected chi connectivity index (χ4v) is 2.38. The second-order valence-electron chi connectivity index (χ2n) is 3.78. The summed E-state index contributed by atoms with van der Waals surface area (Å²) in [4.78, 5) is 3.08. The summed E-state index contributed by atoms with van der Waals surface area (Å²) in [6.07, 6.45) is 1.59. The van der Waals surface area contributed by atoms with Crippen LogP contribution < -0.4 is 0 Å². The summed E-state index contributed by atoms with van der Waals surface area (Å²) in [5.41, 5.74) is 1.72. The third-order valence-corrected chi connectivity index (χ3v) is 3.67. The Morgan fingerprint density at radius 1 is 1.33 bits per heavy atom. The molecule has 18 heavy (non-hydrogen) atoms. The smallest absolute Gasteiger partial charge is 0.178 e. The van der Waals surface area contributed by atoms with Crippen LogP contribution in [0, 0.1) is 4.77 Å². The van der Waals surface area contributed by atoms with Crippen LogP contribution in [-0.4, -0.2) is 14.7 Å². The van der Waals surface area contributed by atoms with Gasteiger partial charge in [0.1, 0.15) is 0 Å². The Morgan fingerprint density at radius 2 is 2.11 bits per heavy atom. The average Bonchev–Trinajstić information content (AvgIpc) is 2.92. The Hall–Kier alpha value is -1.30. The van der Waals surface area contributed by atoms with E-state index in [1.54, 1.807) is 24.4 Å². The van der Waals surface area contributed by atoms with Crippen molar-refractivity contribution in [1.29, 1.82) is 0 Å². The molecule has 2 heterocycles. The molecule has 0 saturated heterocycles. The van der Waals surface area contributed by atoms with Gasteiger partial charge >= 0.3 is 0 Å². The summed E-state index contributed by atoms with van der Waals surface area (Å²) < 4.78 is 7.54. The van der Waals surface area contributed by atoms with Crippen molar-refractivity contribution in [3.05, 3.63) is 45.0 Å². The normalized spacial score (nSPS) is 11.2. The molecule has 0 radical (unpaired) electrons. The number of H-pyrrole nitrogens is 1. The number of aromatic nitrogens is 3. The molecule has 0 aliphatic heterocycles. The number of hydrogen-bond donors (Lipinski definition) is 1. The Kier molecular flexibility index (Phi) is 2.89. The largest absolute Gasteiger partial charge is 0.359 e. The van der Waals surface area contributed by atoms with Gasteiger partial charge < -0.3 is 14.1 Å². The molecule has 92 valence electrons. The third-order valence-electron chi connectivity index (χ3n) is 2.62. The highest BCUT2D eigenvalue weighted by Crippen LogP contribution is 2.28. The zero-order chi connectivity index (χ0) is 12.7. The van der Waals surface area contributed by atoms with Crippen molar-refractivity contribution in [3.63, 3.8) is 0 Å². The Bertz CT molecular complexity index is 761. The summed E-state index contributed by atoms with van der Waals surface area (Å²) in [5.74, 6) is 0.720. The van der Waals surface area contributed by atoms with Gasteiger partial charge in [0, 0.05) is 6.07 Å². The lowest BCUT2D eigenvalue weighted by molar-refractivity contribution is 0.377. The molecule has 0 aliphatic carbocycles. The van der Waals surface area contributed by atoms with Crippen molar-refractivity contribution in [2.75, 3.05) is 0 Å². The summed E-state index contributed by atoms with van der Waals surface area (Å²) in [6.45, 7) is 0.497. The third kappa shape index (κ3) is 1.94. The first kappa shape index (κ1) is 11.8. The van der Waals surface area contributed by atoms with Gasteiger partial charge in [-0.25, -0.2) is 0 Å². The molecule has 3 rings (SSSR count). The average molecular weight is 300 g/mol. The number of fused-ring (bicyclic) bond motifs is 1. The topological polar surface area (TPSA) is 46.8 Å². The number of benzene rings is 1. The standard InChI is InChI=1S/C11H7Cl2N3OS/c12-7-3-9-10(4-8(7)13)16(11(18)15-9)5-6-1-2-14-17-6/h1-4H,5H2,(H,15,18). The molecular formula is C11H7Cl2N3OS. The molecule has 0 atom stereocenters. The summed E-state index contributed by atoms with van der Waals surface area (Å²) in [7, 11) is 0. The minimum Gasteiger partial charge on any atom is -0.359 e. The lowest BCUT2D eigenvalue weighted by atomic mass is 10.3. The van der Waals surface area contributed by atoms with E-state index in [1.165, 1.54) is 0 Å². The Labute approximate surface area is 117 Å².